The summed E-state index contributed by atoms with van der Waals surface area (Å²) in [6, 6.07) is 8.07. The van der Waals surface area contributed by atoms with Gasteiger partial charge in [-0.15, -0.1) is 0 Å². The average molecular weight is 369 g/mol. The van der Waals surface area contributed by atoms with Gasteiger partial charge in [-0.2, -0.15) is 0 Å². The predicted molar refractivity (Wildman–Crippen MR) is 96.9 cm³/mol. The smallest absolute Gasteiger partial charge is 0.257 e. The zero-order valence-electron chi connectivity index (χ0n) is 15.2. The maximum absolute atomic E-state index is 13.5. The summed E-state index contributed by atoms with van der Waals surface area (Å²) in [5.74, 6) is -0.285. The minimum absolute atomic E-state index is 0.134. The molecule has 7 heteroatoms. The lowest BCUT2D eigenvalue weighted by Crippen LogP contribution is -2.42. The van der Waals surface area contributed by atoms with E-state index < -0.39 is 0 Å². The number of pyridine rings is 1. The highest BCUT2D eigenvalue weighted by molar-refractivity contribution is 5.97. The lowest BCUT2D eigenvalue weighted by atomic mass is 10.1. The minimum atomic E-state index is -0.350. The van der Waals surface area contributed by atoms with E-state index >= 15 is 0 Å². The number of rotatable bonds is 3. The third-order valence-electron chi connectivity index (χ3n) is 4.73. The van der Waals surface area contributed by atoms with Gasteiger partial charge in [-0.1, -0.05) is 31.1 Å². The van der Waals surface area contributed by atoms with E-state index in [0.29, 0.717) is 31.0 Å². The largest absolute Gasteiger partial charge is 0.370 e. The van der Waals surface area contributed by atoms with Crippen molar-refractivity contribution in [2.24, 2.45) is 0 Å². The Morgan fingerprint density at radius 1 is 1.33 bits per heavy atom. The number of carbonyl (C=O) groups is 1. The fourth-order valence-corrected chi connectivity index (χ4v) is 3.31. The maximum atomic E-state index is 13.5. The molecule has 27 heavy (non-hydrogen) atoms. The number of amides is 1. The zero-order valence-corrected chi connectivity index (χ0v) is 15.2. The van der Waals surface area contributed by atoms with Crippen LogP contribution in [0.15, 0.2) is 41.1 Å². The molecule has 1 aromatic carbocycles. The molecule has 1 amide bonds. The van der Waals surface area contributed by atoms with Gasteiger partial charge in [0, 0.05) is 12.7 Å². The first kappa shape index (κ1) is 17.6. The molecule has 1 aliphatic rings. The number of hydrogen-bond acceptors (Lipinski definition) is 5. The molecule has 1 saturated heterocycles. The second-order valence-corrected chi connectivity index (χ2v) is 6.96. The van der Waals surface area contributed by atoms with E-state index in [1.807, 2.05) is 13.8 Å². The molecule has 3 aromatic rings. The number of morpholine rings is 1. The summed E-state index contributed by atoms with van der Waals surface area (Å²) in [6.07, 6.45) is 1.16. The topological polar surface area (TPSA) is 68.5 Å². The van der Waals surface area contributed by atoms with Crippen molar-refractivity contribution in [3.05, 3.63) is 59.2 Å². The van der Waals surface area contributed by atoms with Crippen LogP contribution in [-0.2, 0) is 4.74 Å². The summed E-state index contributed by atoms with van der Waals surface area (Å²) in [4.78, 5) is 18.9. The van der Waals surface area contributed by atoms with Crippen LogP contribution < -0.4 is 0 Å². The number of fused-ring (bicyclic) bond motifs is 1. The van der Waals surface area contributed by atoms with Crippen molar-refractivity contribution in [2.45, 2.75) is 25.9 Å². The highest BCUT2D eigenvalue weighted by Gasteiger charge is 2.27. The lowest BCUT2D eigenvalue weighted by Gasteiger charge is -2.33. The molecular weight excluding hydrogens is 349 g/mol. The summed E-state index contributed by atoms with van der Waals surface area (Å²) in [5, 5.41) is 4.81. The van der Waals surface area contributed by atoms with Gasteiger partial charge in [0.05, 0.1) is 29.8 Å². The van der Waals surface area contributed by atoms with Crippen LogP contribution in [-0.4, -0.2) is 40.6 Å². The molecule has 0 saturated carbocycles. The first-order valence-corrected chi connectivity index (χ1v) is 8.94. The fourth-order valence-electron chi connectivity index (χ4n) is 3.31. The molecule has 140 valence electrons. The molecule has 1 fully saturated rings. The van der Waals surface area contributed by atoms with Gasteiger partial charge in [0.15, 0.2) is 0 Å². The van der Waals surface area contributed by atoms with Crippen LogP contribution in [0.3, 0.4) is 0 Å². The average Bonchev–Trinajstić information content (AvgIpc) is 3.11. The van der Waals surface area contributed by atoms with E-state index in [0.717, 1.165) is 16.6 Å². The Morgan fingerprint density at radius 2 is 2.19 bits per heavy atom. The summed E-state index contributed by atoms with van der Waals surface area (Å²) in [5.41, 5.74) is 2.41. The standard InChI is InChI=1S/C20H20FN3O3/c1-12(2)18-16-9-14(10-22-19(16)27-23-18)20(25)24-6-7-26-17(11-24)13-4-3-5-15(21)8-13/h3-5,8-10,12,17H,6-7,11H2,1-2H3. The summed E-state index contributed by atoms with van der Waals surface area (Å²) in [6.45, 7) is 5.26. The number of aromatic nitrogens is 2. The molecule has 0 N–H and O–H groups in total. The van der Waals surface area contributed by atoms with Gasteiger partial charge in [-0.3, -0.25) is 4.79 Å². The molecule has 0 bridgehead atoms. The predicted octanol–water partition coefficient (Wildman–Crippen LogP) is 3.70. The van der Waals surface area contributed by atoms with E-state index in [-0.39, 0.29) is 23.7 Å². The molecule has 1 aliphatic heterocycles. The van der Waals surface area contributed by atoms with Gasteiger partial charge < -0.3 is 14.2 Å². The molecule has 1 unspecified atom stereocenters. The summed E-state index contributed by atoms with van der Waals surface area (Å²) >= 11 is 0. The third kappa shape index (κ3) is 3.42. The van der Waals surface area contributed by atoms with Crippen molar-refractivity contribution in [1.29, 1.82) is 0 Å². The molecular formula is C20H20FN3O3. The Bertz CT molecular complexity index is 986. The molecule has 6 nitrogen and oxygen atoms in total. The Kier molecular flexibility index (Phi) is 4.61. The van der Waals surface area contributed by atoms with E-state index in [2.05, 4.69) is 10.1 Å². The number of carbonyl (C=O) groups excluding carboxylic acids is 1. The Labute approximate surface area is 155 Å². The van der Waals surface area contributed by atoms with E-state index in [1.54, 1.807) is 23.1 Å². The molecule has 2 aromatic heterocycles. The molecule has 0 radical (unpaired) electrons. The van der Waals surface area contributed by atoms with Gasteiger partial charge in [0.2, 0.25) is 0 Å². The SMILES string of the molecule is CC(C)c1noc2ncc(C(=O)N3CCOC(c4cccc(F)c4)C3)cc12. The van der Waals surface area contributed by atoms with Crippen LogP contribution >= 0.6 is 0 Å². The molecule has 0 spiro atoms. The van der Waals surface area contributed by atoms with E-state index in [9.17, 15) is 9.18 Å². The molecule has 3 heterocycles. The van der Waals surface area contributed by atoms with E-state index in [4.69, 9.17) is 9.26 Å². The number of benzene rings is 1. The highest BCUT2D eigenvalue weighted by atomic mass is 19.1. The maximum Gasteiger partial charge on any atom is 0.257 e. The monoisotopic (exact) mass is 369 g/mol. The van der Waals surface area contributed by atoms with Crippen molar-refractivity contribution < 1.29 is 18.4 Å². The third-order valence-corrected chi connectivity index (χ3v) is 4.73. The minimum Gasteiger partial charge on any atom is -0.370 e. The van der Waals surface area contributed by atoms with Crippen molar-refractivity contribution in [3.63, 3.8) is 0 Å². The molecule has 0 aliphatic carbocycles. The number of hydrogen-bond donors (Lipinski definition) is 0. The van der Waals surface area contributed by atoms with Crippen molar-refractivity contribution >= 4 is 17.0 Å². The normalized spacial score (nSPS) is 17.6. The Balaban J connectivity index is 1.58. The number of nitrogens with zero attached hydrogens (tertiary/aromatic N) is 3. The van der Waals surface area contributed by atoms with Gasteiger partial charge in [-0.25, -0.2) is 9.37 Å². The van der Waals surface area contributed by atoms with Gasteiger partial charge in [0.25, 0.3) is 11.6 Å². The zero-order chi connectivity index (χ0) is 19.0. The van der Waals surface area contributed by atoms with Crippen molar-refractivity contribution in [2.75, 3.05) is 19.7 Å². The van der Waals surface area contributed by atoms with Crippen molar-refractivity contribution in [1.82, 2.24) is 15.0 Å². The summed E-state index contributed by atoms with van der Waals surface area (Å²) in [7, 11) is 0. The fraction of sp³-hybridized carbons (Fsp3) is 0.350. The number of halogens is 1. The molecule has 4 rings (SSSR count). The van der Waals surface area contributed by atoms with Gasteiger partial charge >= 0.3 is 0 Å². The van der Waals surface area contributed by atoms with Crippen LogP contribution in [0.5, 0.6) is 0 Å². The van der Waals surface area contributed by atoms with Gasteiger partial charge in [-0.05, 0) is 29.7 Å². The second kappa shape index (κ2) is 7.08. The summed E-state index contributed by atoms with van der Waals surface area (Å²) < 4.78 is 24.5. The van der Waals surface area contributed by atoms with Crippen LogP contribution in [0, 0.1) is 5.82 Å². The molecule has 1 atom stereocenters. The van der Waals surface area contributed by atoms with Crippen molar-refractivity contribution in [3.8, 4) is 0 Å². The second-order valence-electron chi connectivity index (χ2n) is 6.96. The number of ether oxygens (including phenoxy) is 1. The Morgan fingerprint density at radius 3 is 2.96 bits per heavy atom. The van der Waals surface area contributed by atoms with Crippen LogP contribution in [0.2, 0.25) is 0 Å². The Hall–Kier alpha value is -2.80. The van der Waals surface area contributed by atoms with Gasteiger partial charge in [0.1, 0.15) is 11.9 Å². The first-order chi connectivity index (χ1) is 13.0. The van der Waals surface area contributed by atoms with Crippen LogP contribution in [0.25, 0.3) is 11.1 Å². The quantitative estimate of drug-likeness (QED) is 0.704. The van der Waals surface area contributed by atoms with E-state index in [1.165, 1.54) is 18.3 Å². The highest BCUT2D eigenvalue weighted by Crippen LogP contribution is 2.26. The first-order valence-electron chi connectivity index (χ1n) is 8.94. The van der Waals surface area contributed by atoms with Crippen LogP contribution in [0.4, 0.5) is 4.39 Å². The lowest BCUT2D eigenvalue weighted by molar-refractivity contribution is -0.0229. The van der Waals surface area contributed by atoms with Crippen LogP contribution in [0.1, 0.15) is 47.5 Å².